The van der Waals surface area contributed by atoms with Crippen molar-refractivity contribution in [2.45, 2.75) is 12.8 Å². The fourth-order valence-electron chi connectivity index (χ4n) is 1.70. The number of rotatable bonds is 5. The molecule has 2 aromatic rings. The predicted molar refractivity (Wildman–Crippen MR) is 81.3 cm³/mol. The summed E-state index contributed by atoms with van der Waals surface area (Å²) in [7, 11) is 1.85. The van der Waals surface area contributed by atoms with Gasteiger partial charge in [0.2, 0.25) is 5.91 Å². The van der Waals surface area contributed by atoms with Gasteiger partial charge in [0.25, 0.3) is 0 Å². The number of hydrogen-bond acceptors (Lipinski definition) is 3. The topological polar surface area (TPSA) is 33.2 Å². The maximum Gasteiger partial charge on any atom is 0.227 e. The second kappa shape index (κ2) is 6.82. The zero-order valence-corrected chi connectivity index (χ0v) is 13.1. The molecular weight excluding hydrogens is 324 g/mol. The van der Waals surface area contributed by atoms with Gasteiger partial charge in [-0.05, 0) is 52.2 Å². The van der Waals surface area contributed by atoms with E-state index in [4.69, 9.17) is 0 Å². The summed E-state index contributed by atoms with van der Waals surface area (Å²) in [6.45, 7) is 0.732. The number of nitrogens with zero attached hydrogens (tertiary/aromatic N) is 2. The van der Waals surface area contributed by atoms with E-state index in [1.807, 2.05) is 31.3 Å². The third kappa shape index (κ3) is 4.44. The number of carbonyl (C=O) groups excluding carboxylic acids is 1. The van der Waals surface area contributed by atoms with Gasteiger partial charge in [0.05, 0.1) is 10.2 Å². The van der Waals surface area contributed by atoms with E-state index in [9.17, 15) is 4.79 Å². The lowest BCUT2D eigenvalue weighted by Gasteiger charge is -2.16. The van der Waals surface area contributed by atoms with Crippen LogP contribution in [0.15, 0.2) is 40.4 Å². The fourth-order valence-corrected chi connectivity index (χ4v) is 3.18. The third-order valence-corrected chi connectivity index (χ3v) is 4.49. The van der Waals surface area contributed by atoms with Crippen LogP contribution in [0.3, 0.4) is 0 Å². The SMILES string of the molecule is CN(CCc1ccncc1)C(=O)Cc1ccc(Br)s1. The summed E-state index contributed by atoms with van der Waals surface area (Å²) in [4.78, 5) is 18.9. The molecule has 0 unspecified atom stereocenters. The van der Waals surface area contributed by atoms with Gasteiger partial charge in [-0.25, -0.2) is 0 Å². The smallest absolute Gasteiger partial charge is 0.227 e. The van der Waals surface area contributed by atoms with E-state index in [1.165, 1.54) is 5.56 Å². The highest BCUT2D eigenvalue weighted by Crippen LogP contribution is 2.22. The van der Waals surface area contributed by atoms with Crippen molar-refractivity contribution >= 4 is 33.2 Å². The van der Waals surface area contributed by atoms with Gasteiger partial charge in [0.15, 0.2) is 0 Å². The molecule has 0 radical (unpaired) electrons. The first-order valence-electron chi connectivity index (χ1n) is 6.02. The summed E-state index contributed by atoms with van der Waals surface area (Å²) < 4.78 is 1.06. The lowest BCUT2D eigenvalue weighted by Crippen LogP contribution is -2.29. The van der Waals surface area contributed by atoms with Gasteiger partial charge in [-0.1, -0.05) is 0 Å². The highest BCUT2D eigenvalue weighted by molar-refractivity contribution is 9.11. The standard InChI is InChI=1S/C14H15BrN2OS/c1-17(9-6-11-4-7-16-8-5-11)14(18)10-12-2-3-13(15)19-12/h2-5,7-8H,6,9-10H2,1H3. The van der Waals surface area contributed by atoms with Gasteiger partial charge in [-0.3, -0.25) is 9.78 Å². The quantitative estimate of drug-likeness (QED) is 0.838. The lowest BCUT2D eigenvalue weighted by atomic mass is 10.2. The molecule has 0 fully saturated rings. The van der Waals surface area contributed by atoms with Crippen molar-refractivity contribution in [1.29, 1.82) is 0 Å². The average molecular weight is 339 g/mol. The minimum Gasteiger partial charge on any atom is -0.345 e. The van der Waals surface area contributed by atoms with E-state index in [1.54, 1.807) is 28.6 Å². The largest absolute Gasteiger partial charge is 0.345 e. The van der Waals surface area contributed by atoms with Crippen molar-refractivity contribution in [3.8, 4) is 0 Å². The van der Waals surface area contributed by atoms with E-state index in [0.29, 0.717) is 6.42 Å². The molecule has 100 valence electrons. The first kappa shape index (κ1) is 14.2. The Morgan fingerprint density at radius 2 is 2.05 bits per heavy atom. The van der Waals surface area contributed by atoms with Gasteiger partial charge in [-0.15, -0.1) is 11.3 Å². The van der Waals surface area contributed by atoms with Crippen molar-refractivity contribution in [2.24, 2.45) is 0 Å². The molecule has 0 N–H and O–H groups in total. The minimum atomic E-state index is 0.156. The molecule has 2 rings (SSSR count). The number of aromatic nitrogens is 1. The Hall–Kier alpha value is -1.20. The normalized spacial score (nSPS) is 10.4. The maximum atomic E-state index is 12.0. The molecule has 0 aliphatic carbocycles. The molecule has 3 nitrogen and oxygen atoms in total. The van der Waals surface area contributed by atoms with E-state index in [2.05, 4.69) is 20.9 Å². The molecule has 0 spiro atoms. The highest BCUT2D eigenvalue weighted by Gasteiger charge is 2.11. The monoisotopic (exact) mass is 338 g/mol. The van der Waals surface area contributed by atoms with Gasteiger partial charge in [0.1, 0.15) is 0 Å². The van der Waals surface area contributed by atoms with Crippen LogP contribution in [0, 0.1) is 0 Å². The second-order valence-electron chi connectivity index (χ2n) is 4.30. The number of hydrogen-bond donors (Lipinski definition) is 0. The first-order valence-corrected chi connectivity index (χ1v) is 7.63. The van der Waals surface area contributed by atoms with Crippen LogP contribution in [0.5, 0.6) is 0 Å². The van der Waals surface area contributed by atoms with Crippen LogP contribution in [0.2, 0.25) is 0 Å². The Kier molecular flexibility index (Phi) is 5.10. The number of amides is 1. The van der Waals surface area contributed by atoms with Crippen LogP contribution in [0.1, 0.15) is 10.4 Å². The molecule has 1 amide bonds. The number of thiophene rings is 1. The van der Waals surface area contributed by atoms with Crippen molar-refractivity contribution in [3.05, 3.63) is 50.9 Å². The Morgan fingerprint density at radius 3 is 2.68 bits per heavy atom. The van der Waals surface area contributed by atoms with Gasteiger partial charge < -0.3 is 4.90 Å². The molecule has 0 aliphatic rings. The Morgan fingerprint density at radius 1 is 1.32 bits per heavy atom. The summed E-state index contributed by atoms with van der Waals surface area (Å²) in [5, 5.41) is 0. The van der Waals surface area contributed by atoms with E-state index >= 15 is 0 Å². The Bertz CT molecular complexity index is 541. The zero-order chi connectivity index (χ0) is 13.7. The van der Waals surface area contributed by atoms with Crippen molar-refractivity contribution in [3.63, 3.8) is 0 Å². The molecule has 0 aliphatic heterocycles. The molecule has 0 aromatic carbocycles. The lowest BCUT2D eigenvalue weighted by molar-refractivity contribution is -0.129. The second-order valence-corrected chi connectivity index (χ2v) is 6.85. The number of halogens is 1. The molecule has 0 saturated carbocycles. The molecule has 2 aromatic heterocycles. The van der Waals surface area contributed by atoms with Crippen LogP contribution in [-0.2, 0) is 17.6 Å². The third-order valence-electron chi connectivity index (χ3n) is 2.87. The molecule has 2 heterocycles. The van der Waals surface area contributed by atoms with Crippen molar-refractivity contribution < 1.29 is 4.79 Å². The van der Waals surface area contributed by atoms with Crippen LogP contribution in [-0.4, -0.2) is 29.4 Å². The maximum absolute atomic E-state index is 12.0. The fraction of sp³-hybridized carbons (Fsp3) is 0.286. The van der Waals surface area contributed by atoms with E-state index < -0.39 is 0 Å². The summed E-state index contributed by atoms with van der Waals surface area (Å²) in [5.74, 6) is 0.156. The van der Waals surface area contributed by atoms with E-state index in [0.717, 1.165) is 21.6 Å². The number of pyridine rings is 1. The van der Waals surface area contributed by atoms with Gasteiger partial charge >= 0.3 is 0 Å². The van der Waals surface area contributed by atoms with Crippen LogP contribution < -0.4 is 0 Å². The van der Waals surface area contributed by atoms with Crippen LogP contribution >= 0.6 is 27.3 Å². The summed E-state index contributed by atoms with van der Waals surface area (Å²) >= 11 is 5.02. The number of carbonyl (C=O) groups is 1. The molecule has 0 atom stereocenters. The molecule has 0 bridgehead atoms. The van der Waals surface area contributed by atoms with Crippen LogP contribution in [0.4, 0.5) is 0 Å². The Balaban J connectivity index is 1.82. The summed E-state index contributed by atoms with van der Waals surface area (Å²) in [6.07, 6.45) is 4.89. The molecular formula is C14H15BrN2OS. The highest BCUT2D eigenvalue weighted by atomic mass is 79.9. The molecule has 19 heavy (non-hydrogen) atoms. The van der Waals surface area contributed by atoms with Gasteiger partial charge in [-0.2, -0.15) is 0 Å². The average Bonchev–Trinajstić information content (AvgIpc) is 2.82. The van der Waals surface area contributed by atoms with E-state index in [-0.39, 0.29) is 5.91 Å². The first-order chi connectivity index (χ1) is 9.15. The minimum absolute atomic E-state index is 0.156. The zero-order valence-electron chi connectivity index (χ0n) is 10.7. The van der Waals surface area contributed by atoms with Crippen molar-refractivity contribution in [2.75, 3.05) is 13.6 Å². The van der Waals surface area contributed by atoms with Crippen LogP contribution in [0.25, 0.3) is 0 Å². The molecule has 5 heteroatoms. The Labute approximate surface area is 125 Å². The molecule has 0 saturated heterocycles. The predicted octanol–water partition coefficient (Wildman–Crippen LogP) is 3.15. The summed E-state index contributed by atoms with van der Waals surface area (Å²) in [5.41, 5.74) is 1.20. The van der Waals surface area contributed by atoms with Crippen molar-refractivity contribution in [1.82, 2.24) is 9.88 Å². The summed E-state index contributed by atoms with van der Waals surface area (Å²) in [6, 6.07) is 7.93. The van der Waals surface area contributed by atoms with Gasteiger partial charge in [0, 0.05) is 30.9 Å². The number of likely N-dealkylation sites (N-methyl/N-ethyl adjacent to an activating group) is 1.